The van der Waals surface area contributed by atoms with Gasteiger partial charge in [-0.15, -0.1) is 0 Å². The Hall–Kier alpha value is -0.250. The molecule has 0 bridgehead atoms. The fraction of sp³-hybridized carbons (Fsp3) is 1.00. The van der Waals surface area contributed by atoms with Gasteiger partial charge in [-0.05, 0) is 7.05 Å². The second-order valence-electron chi connectivity index (χ2n) is 1.93. The van der Waals surface area contributed by atoms with E-state index in [0.29, 0.717) is 0 Å². The van der Waals surface area contributed by atoms with Crippen LogP contribution in [0.3, 0.4) is 0 Å². The van der Waals surface area contributed by atoms with Crippen LogP contribution in [-0.2, 0) is 0 Å². The molecule has 56 valence electrons. The molecule has 0 rings (SSSR count). The average molecular weight is 141 g/mol. The maximum absolute atomic E-state index is 11.8. The molecule has 0 aliphatic rings. The van der Waals surface area contributed by atoms with Crippen molar-refractivity contribution in [1.29, 1.82) is 0 Å². The van der Waals surface area contributed by atoms with Crippen molar-refractivity contribution in [2.75, 3.05) is 27.1 Å². The molecule has 0 aliphatic heterocycles. The van der Waals surface area contributed by atoms with Crippen LogP contribution in [0.2, 0.25) is 0 Å². The molecule has 0 spiro atoms. The first kappa shape index (κ1) is 8.75. The molecule has 0 heterocycles. The fourth-order valence-electron chi connectivity index (χ4n) is 0.308. The van der Waals surface area contributed by atoms with Crippen LogP contribution in [0.1, 0.15) is 0 Å². The standard InChI is InChI=1S/C5H10F3N/c1-9-5(2-6,3-7)4-8/h9H,2-4H2,1H3. The molecular formula is C5H10F3N. The number of nitrogens with one attached hydrogen (secondary N) is 1. The zero-order chi connectivity index (χ0) is 7.33. The minimum absolute atomic E-state index is 1.02. The molecule has 1 nitrogen and oxygen atoms in total. The molecule has 9 heavy (non-hydrogen) atoms. The highest BCUT2D eigenvalue weighted by molar-refractivity contribution is 4.84. The smallest absolute Gasteiger partial charge is 0.113 e. The predicted octanol–water partition coefficient (Wildman–Crippen LogP) is 0.853. The molecule has 0 unspecified atom stereocenters. The molecular weight excluding hydrogens is 131 g/mol. The fourth-order valence-corrected chi connectivity index (χ4v) is 0.308. The Kier molecular flexibility index (Phi) is 3.61. The summed E-state index contributed by atoms with van der Waals surface area (Å²) in [4.78, 5) is 0. The van der Waals surface area contributed by atoms with Gasteiger partial charge in [0.05, 0.1) is 0 Å². The van der Waals surface area contributed by atoms with Crippen LogP contribution in [0.5, 0.6) is 0 Å². The van der Waals surface area contributed by atoms with Gasteiger partial charge in [0.25, 0.3) is 0 Å². The van der Waals surface area contributed by atoms with E-state index < -0.39 is 25.6 Å². The minimum Gasteiger partial charge on any atom is -0.308 e. The zero-order valence-corrected chi connectivity index (χ0v) is 5.26. The topological polar surface area (TPSA) is 12.0 Å². The van der Waals surface area contributed by atoms with Crippen LogP contribution >= 0.6 is 0 Å². The quantitative estimate of drug-likeness (QED) is 0.612. The maximum Gasteiger partial charge on any atom is 0.113 e. The van der Waals surface area contributed by atoms with Gasteiger partial charge in [0.1, 0.15) is 25.6 Å². The highest BCUT2D eigenvalue weighted by Crippen LogP contribution is 2.06. The number of halogens is 3. The Bertz CT molecular complexity index is 55.1. The lowest BCUT2D eigenvalue weighted by Crippen LogP contribution is -2.49. The molecule has 0 aromatic carbocycles. The number of hydrogen-bond donors (Lipinski definition) is 1. The van der Waals surface area contributed by atoms with Crippen molar-refractivity contribution >= 4 is 0 Å². The number of hydrogen-bond acceptors (Lipinski definition) is 1. The van der Waals surface area contributed by atoms with Gasteiger partial charge in [-0.1, -0.05) is 0 Å². The van der Waals surface area contributed by atoms with E-state index in [-0.39, 0.29) is 0 Å². The second kappa shape index (κ2) is 3.71. The highest BCUT2D eigenvalue weighted by atomic mass is 19.1. The van der Waals surface area contributed by atoms with Gasteiger partial charge in [0, 0.05) is 0 Å². The van der Waals surface area contributed by atoms with Gasteiger partial charge in [-0.2, -0.15) is 0 Å². The lowest BCUT2D eigenvalue weighted by molar-refractivity contribution is 0.163. The summed E-state index contributed by atoms with van der Waals surface area (Å²) >= 11 is 0. The highest BCUT2D eigenvalue weighted by Gasteiger charge is 2.28. The van der Waals surface area contributed by atoms with Gasteiger partial charge in [0.2, 0.25) is 0 Å². The molecule has 0 aromatic rings. The van der Waals surface area contributed by atoms with Crippen LogP contribution in [0, 0.1) is 0 Å². The SMILES string of the molecule is CNC(CF)(CF)CF. The van der Waals surface area contributed by atoms with Crippen molar-refractivity contribution in [2.45, 2.75) is 5.54 Å². The van der Waals surface area contributed by atoms with Crippen molar-refractivity contribution in [3.8, 4) is 0 Å². The van der Waals surface area contributed by atoms with Gasteiger partial charge >= 0.3 is 0 Å². The lowest BCUT2D eigenvalue weighted by atomic mass is 10.1. The van der Waals surface area contributed by atoms with Crippen LogP contribution < -0.4 is 5.32 Å². The molecule has 0 saturated heterocycles. The summed E-state index contributed by atoms with van der Waals surface area (Å²) in [5.74, 6) is 0. The molecule has 4 heteroatoms. The normalized spacial score (nSPS) is 12.0. The van der Waals surface area contributed by atoms with Crippen LogP contribution in [0.15, 0.2) is 0 Å². The Morgan fingerprint density at radius 2 is 1.44 bits per heavy atom. The second-order valence-corrected chi connectivity index (χ2v) is 1.93. The third-order valence-electron chi connectivity index (χ3n) is 1.30. The van der Waals surface area contributed by atoms with Crippen LogP contribution in [-0.4, -0.2) is 32.6 Å². The van der Waals surface area contributed by atoms with E-state index in [9.17, 15) is 13.2 Å². The lowest BCUT2D eigenvalue weighted by Gasteiger charge is -2.22. The first-order chi connectivity index (χ1) is 4.24. The van der Waals surface area contributed by atoms with Crippen LogP contribution in [0.4, 0.5) is 13.2 Å². The summed E-state index contributed by atoms with van der Waals surface area (Å²) in [6.45, 7) is -3.05. The summed E-state index contributed by atoms with van der Waals surface area (Å²) in [5.41, 5.74) is -1.58. The molecule has 0 radical (unpaired) electrons. The van der Waals surface area contributed by atoms with E-state index in [1.54, 1.807) is 0 Å². The van der Waals surface area contributed by atoms with E-state index in [4.69, 9.17) is 0 Å². The summed E-state index contributed by atoms with van der Waals surface area (Å²) in [7, 11) is 1.33. The molecule has 0 aliphatic carbocycles. The summed E-state index contributed by atoms with van der Waals surface area (Å²) in [6, 6.07) is 0. The zero-order valence-electron chi connectivity index (χ0n) is 5.26. The van der Waals surface area contributed by atoms with E-state index in [0.717, 1.165) is 0 Å². The van der Waals surface area contributed by atoms with E-state index >= 15 is 0 Å². The average Bonchev–Trinajstić information content (AvgIpc) is 1.95. The van der Waals surface area contributed by atoms with Crippen molar-refractivity contribution in [3.63, 3.8) is 0 Å². The third-order valence-corrected chi connectivity index (χ3v) is 1.30. The van der Waals surface area contributed by atoms with Crippen molar-refractivity contribution < 1.29 is 13.2 Å². The minimum atomic E-state index is -1.58. The number of alkyl halides is 3. The Morgan fingerprint density at radius 1 is 1.11 bits per heavy atom. The molecule has 0 aromatic heterocycles. The van der Waals surface area contributed by atoms with Gasteiger partial charge < -0.3 is 5.32 Å². The van der Waals surface area contributed by atoms with Crippen LogP contribution in [0.25, 0.3) is 0 Å². The van der Waals surface area contributed by atoms with Gasteiger partial charge in [-0.25, -0.2) is 13.2 Å². The van der Waals surface area contributed by atoms with E-state index in [1.165, 1.54) is 7.05 Å². The molecule has 0 amide bonds. The van der Waals surface area contributed by atoms with Crippen molar-refractivity contribution in [2.24, 2.45) is 0 Å². The first-order valence-corrected chi connectivity index (χ1v) is 2.61. The van der Waals surface area contributed by atoms with Crippen molar-refractivity contribution in [1.82, 2.24) is 5.32 Å². The molecule has 1 N–H and O–H groups in total. The monoisotopic (exact) mass is 141 g/mol. The largest absolute Gasteiger partial charge is 0.308 e. The van der Waals surface area contributed by atoms with E-state index in [1.807, 2.05) is 0 Å². The van der Waals surface area contributed by atoms with E-state index in [2.05, 4.69) is 5.32 Å². The van der Waals surface area contributed by atoms with Gasteiger partial charge in [0.15, 0.2) is 0 Å². The third kappa shape index (κ3) is 1.86. The Morgan fingerprint density at radius 3 is 1.44 bits per heavy atom. The summed E-state index contributed by atoms with van der Waals surface area (Å²) < 4.78 is 35.3. The molecule has 0 atom stereocenters. The predicted molar refractivity (Wildman–Crippen MR) is 29.7 cm³/mol. The summed E-state index contributed by atoms with van der Waals surface area (Å²) in [5, 5.41) is 2.24. The maximum atomic E-state index is 11.8. The Balaban J connectivity index is 3.82. The van der Waals surface area contributed by atoms with Crippen molar-refractivity contribution in [3.05, 3.63) is 0 Å². The first-order valence-electron chi connectivity index (χ1n) is 2.61. The van der Waals surface area contributed by atoms with Gasteiger partial charge in [-0.3, -0.25) is 0 Å². The molecule has 0 saturated carbocycles. The molecule has 0 fully saturated rings. The number of rotatable bonds is 4. The summed E-state index contributed by atoms with van der Waals surface area (Å²) in [6.07, 6.45) is 0. The Labute approximate surface area is 52.2 Å².